The molecule has 2 amide bonds. The average molecular weight is 412 g/mol. The molecule has 2 heterocycles. The van der Waals surface area contributed by atoms with Gasteiger partial charge in [-0.05, 0) is 31.9 Å². The number of benzene rings is 1. The number of anilines is 1. The number of nitrogens with zero attached hydrogens (tertiary/aromatic N) is 3. The van der Waals surface area contributed by atoms with Gasteiger partial charge in [-0.2, -0.15) is 5.10 Å². The van der Waals surface area contributed by atoms with E-state index in [2.05, 4.69) is 34.6 Å². The summed E-state index contributed by atoms with van der Waals surface area (Å²) in [6.07, 6.45) is 3.50. The van der Waals surface area contributed by atoms with Crippen molar-refractivity contribution in [1.29, 1.82) is 0 Å². The topological polar surface area (TPSA) is 94.1 Å². The summed E-state index contributed by atoms with van der Waals surface area (Å²) in [7, 11) is 0. The first-order valence-corrected chi connectivity index (χ1v) is 10.7. The molecule has 1 aliphatic carbocycles. The van der Waals surface area contributed by atoms with E-state index < -0.39 is 6.17 Å². The zero-order valence-electron chi connectivity index (χ0n) is 17.7. The fraction of sp³-hybridized carbons (Fsp3) is 0.545. The van der Waals surface area contributed by atoms with Crippen molar-refractivity contribution >= 4 is 29.1 Å². The fourth-order valence-electron chi connectivity index (χ4n) is 4.81. The summed E-state index contributed by atoms with van der Waals surface area (Å²) in [6, 6.07) is 7.03. The normalized spacial score (nSPS) is 25.4. The molecule has 3 atom stereocenters. The predicted octanol–water partition coefficient (Wildman–Crippen LogP) is 2.18. The number of rotatable bonds is 5. The Morgan fingerprint density at radius 1 is 1.23 bits per heavy atom. The van der Waals surface area contributed by atoms with Gasteiger partial charge in [0.1, 0.15) is 12.4 Å². The fourth-order valence-corrected chi connectivity index (χ4v) is 4.81. The largest absolute Gasteiger partial charge is 0.325 e. The molecule has 3 unspecified atom stereocenters. The number of hydrogen-bond acceptors (Lipinski definition) is 6. The van der Waals surface area contributed by atoms with Crippen LogP contribution in [-0.4, -0.2) is 58.0 Å². The first-order valence-electron chi connectivity index (χ1n) is 10.7. The molecule has 4 rings (SSSR count). The maximum atomic E-state index is 13.3. The van der Waals surface area contributed by atoms with Crippen molar-refractivity contribution in [3.05, 3.63) is 29.8 Å². The number of amidine groups is 1. The minimum absolute atomic E-state index is 0.000605. The third kappa shape index (κ3) is 3.66. The van der Waals surface area contributed by atoms with Crippen molar-refractivity contribution in [3.63, 3.8) is 0 Å². The zero-order valence-corrected chi connectivity index (χ0v) is 17.7. The maximum absolute atomic E-state index is 13.3. The van der Waals surface area contributed by atoms with Gasteiger partial charge < -0.3 is 15.1 Å². The Labute approximate surface area is 176 Å². The van der Waals surface area contributed by atoms with Crippen LogP contribution in [0.3, 0.4) is 0 Å². The molecular formula is C22H29N5O3. The molecule has 8 nitrogen and oxygen atoms in total. The number of hydrogen-bond donors (Lipinski definition) is 2. The number of hydrazone groups is 1. The van der Waals surface area contributed by atoms with Gasteiger partial charge in [-0.1, -0.05) is 38.8 Å². The Kier molecular flexibility index (Phi) is 5.49. The van der Waals surface area contributed by atoms with Gasteiger partial charge in [-0.3, -0.25) is 19.8 Å². The maximum Gasteiger partial charge on any atom is 0.268 e. The number of Topliss-reactive ketones (excluding diaryl/α,β-unsaturated/α-hetero) is 1. The van der Waals surface area contributed by atoms with Gasteiger partial charge in [0.25, 0.3) is 5.91 Å². The van der Waals surface area contributed by atoms with Crippen molar-refractivity contribution in [2.75, 3.05) is 11.9 Å². The van der Waals surface area contributed by atoms with E-state index >= 15 is 0 Å². The van der Waals surface area contributed by atoms with Gasteiger partial charge in [0.05, 0.1) is 12.1 Å². The van der Waals surface area contributed by atoms with Crippen LogP contribution in [0.15, 0.2) is 29.4 Å². The number of amides is 2. The molecule has 1 aromatic rings. The summed E-state index contributed by atoms with van der Waals surface area (Å²) in [4.78, 5) is 41.5. The molecule has 1 saturated heterocycles. The summed E-state index contributed by atoms with van der Waals surface area (Å²) in [5.41, 5.74) is 4.10. The number of carbonyl (C=O) groups excluding carboxylic acids is 3. The molecule has 0 bridgehead atoms. The molecule has 2 N–H and O–H groups in total. The van der Waals surface area contributed by atoms with Crippen molar-refractivity contribution in [2.24, 2.45) is 11.0 Å². The molecule has 1 aromatic carbocycles. The SMILES string of the molecule is CC(=O)c1cccc(NC(=O)CN2C(=O)C3NN=C(C(C)C)N3C3CCCCC32)c1. The Bertz CT molecular complexity index is 897. The molecule has 30 heavy (non-hydrogen) atoms. The van der Waals surface area contributed by atoms with Crippen LogP contribution in [0, 0.1) is 5.92 Å². The Morgan fingerprint density at radius 3 is 2.67 bits per heavy atom. The van der Waals surface area contributed by atoms with Gasteiger partial charge >= 0.3 is 0 Å². The van der Waals surface area contributed by atoms with E-state index in [4.69, 9.17) is 0 Å². The smallest absolute Gasteiger partial charge is 0.268 e. The Hall–Kier alpha value is -2.90. The lowest BCUT2D eigenvalue weighted by molar-refractivity contribution is -0.151. The molecular weight excluding hydrogens is 382 g/mol. The van der Waals surface area contributed by atoms with Crippen molar-refractivity contribution in [1.82, 2.24) is 15.2 Å². The quantitative estimate of drug-likeness (QED) is 0.725. The molecule has 0 aromatic heterocycles. The minimum atomic E-state index is -0.532. The predicted molar refractivity (Wildman–Crippen MR) is 114 cm³/mol. The van der Waals surface area contributed by atoms with Gasteiger partial charge in [-0.15, -0.1) is 0 Å². The second kappa shape index (κ2) is 8.08. The van der Waals surface area contributed by atoms with Crippen LogP contribution in [0.4, 0.5) is 5.69 Å². The molecule has 8 heteroatoms. The summed E-state index contributed by atoms with van der Waals surface area (Å²) < 4.78 is 0. The summed E-state index contributed by atoms with van der Waals surface area (Å²) in [5.74, 6) is 0.724. The van der Waals surface area contributed by atoms with Gasteiger partial charge in [0.2, 0.25) is 5.91 Å². The zero-order chi connectivity index (χ0) is 21.4. The first-order chi connectivity index (χ1) is 14.4. The van der Waals surface area contributed by atoms with E-state index in [0.29, 0.717) is 11.3 Å². The van der Waals surface area contributed by atoms with Crippen LogP contribution in [-0.2, 0) is 9.59 Å². The van der Waals surface area contributed by atoms with Crippen LogP contribution in [0.5, 0.6) is 0 Å². The van der Waals surface area contributed by atoms with Crippen LogP contribution < -0.4 is 10.7 Å². The van der Waals surface area contributed by atoms with Crippen molar-refractivity contribution < 1.29 is 14.4 Å². The molecule has 0 radical (unpaired) electrons. The number of ketones is 1. The highest BCUT2D eigenvalue weighted by atomic mass is 16.2. The minimum Gasteiger partial charge on any atom is -0.325 e. The summed E-state index contributed by atoms with van der Waals surface area (Å²) in [5, 5.41) is 7.28. The third-order valence-electron chi connectivity index (χ3n) is 6.20. The monoisotopic (exact) mass is 411 g/mol. The van der Waals surface area contributed by atoms with Crippen molar-refractivity contribution in [2.45, 2.75) is 64.7 Å². The lowest BCUT2D eigenvalue weighted by atomic mass is 9.85. The lowest BCUT2D eigenvalue weighted by Gasteiger charge is -2.51. The molecule has 0 spiro atoms. The highest BCUT2D eigenvalue weighted by Crippen LogP contribution is 2.35. The number of fused-ring (bicyclic) bond motifs is 3. The van der Waals surface area contributed by atoms with E-state index in [-0.39, 0.29) is 42.1 Å². The highest BCUT2D eigenvalue weighted by Gasteiger charge is 2.51. The number of nitrogens with one attached hydrogen (secondary N) is 2. The Balaban J connectivity index is 1.51. The molecule has 160 valence electrons. The van der Waals surface area contributed by atoms with Gasteiger partial charge in [0, 0.05) is 17.2 Å². The Morgan fingerprint density at radius 2 is 1.97 bits per heavy atom. The summed E-state index contributed by atoms with van der Waals surface area (Å²) in [6.45, 7) is 5.65. The number of piperazine rings is 1. The first kappa shape index (κ1) is 20.4. The van der Waals surface area contributed by atoms with Crippen LogP contribution in [0.2, 0.25) is 0 Å². The number of carbonyl (C=O) groups is 3. The van der Waals surface area contributed by atoms with Gasteiger partial charge in [-0.25, -0.2) is 0 Å². The average Bonchev–Trinajstić information content (AvgIpc) is 3.17. The van der Waals surface area contributed by atoms with E-state index in [9.17, 15) is 14.4 Å². The second-order valence-electron chi connectivity index (χ2n) is 8.63. The standard InChI is InChI=1S/C22H29N5O3/c1-13(2)20-24-25-21-22(30)26(17-9-4-5-10-18(17)27(20)21)12-19(29)23-16-8-6-7-15(11-16)14(3)28/h6-8,11,13,17-18,21,25H,4-5,9-10,12H2,1-3H3,(H,23,29). The van der Waals surface area contributed by atoms with E-state index in [1.807, 2.05) is 0 Å². The summed E-state index contributed by atoms with van der Waals surface area (Å²) >= 11 is 0. The van der Waals surface area contributed by atoms with Crippen molar-refractivity contribution in [3.8, 4) is 0 Å². The molecule has 2 fully saturated rings. The van der Waals surface area contributed by atoms with Gasteiger partial charge in [0.15, 0.2) is 11.9 Å². The third-order valence-corrected chi connectivity index (χ3v) is 6.20. The van der Waals surface area contributed by atoms with E-state index in [1.54, 1.807) is 29.2 Å². The molecule has 2 aliphatic heterocycles. The van der Waals surface area contributed by atoms with Crippen LogP contribution in [0.25, 0.3) is 0 Å². The molecule has 1 saturated carbocycles. The van der Waals surface area contributed by atoms with Crippen LogP contribution in [0.1, 0.15) is 56.8 Å². The highest BCUT2D eigenvalue weighted by molar-refractivity contribution is 6.00. The molecule has 3 aliphatic rings. The van der Waals surface area contributed by atoms with Crippen LogP contribution >= 0.6 is 0 Å². The second-order valence-corrected chi connectivity index (χ2v) is 8.63. The van der Waals surface area contributed by atoms with E-state index in [0.717, 1.165) is 31.5 Å². The van der Waals surface area contributed by atoms with E-state index in [1.165, 1.54) is 6.92 Å². The lowest BCUT2D eigenvalue weighted by Crippen LogP contribution is -2.70.